The molecule has 3 rings (SSSR count). The van der Waals surface area contributed by atoms with E-state index >= 15 is 0 Å². The average Bonchev–Trinajstić information content (AvgIpc) is 2.59. The molecule has 2 aromatic carbocycles. The minimum Gasteiger partial charge on any atom is -0.508 e. The Kier molecular flexibility index (Phi) is 5.45. The number of hydrogen-bond acceptors (Lipinski definition) is 3. The second kappa shape index (κ2) is 7.59. The highest BCUT2D eigenvalue weighted by atomic mass is 16.3. The smallest absolute Gasteiger partial charge is 0.115 e. The van der Waals surface area contributed by atoms with Crippen LogP contribution < -0.4 is 5.73 Å². The molecule has 3 heteroatoms. The number of nitrogens with zero attached hydrogens (tertiary/aromatic N) is 1. The first-order valence-electron chi connectivity index (χ1n) is 9.29. The van der Waals surface area contributed by atoms with E-state index in [1.165, 1.54) is 11.1 Å². The van der Waals surface area contributed by atoms with Crippen molar-refractivity contribution in [2.45, 2.75) is 38.1 Å². The van der Waals surface area contributed by atoms with Gasteiger partial charge in [0.2, 0.25) is 0 Å². The zero-order chi connectivity index (χ0) is 17.9. The lowest BCUT2D eigenvalue weighted by atomic mass is 9.68. The molecule has 0 aliphatic carbocycles. The fourth-order valence-electron chi connectivity index (χ4n) is 4.09. The molecule has 0 amide bonds. The van der Waals surface area contributed by atoms with E-state index in [4.69, 9.17) is 5.73 Å². The van der Waals surface area contributed by atoms with Crippen LogP contribution in [0.25, 0.3) is 0 Å². The van der Waals surface area contributed by atoms with Gasteiger partial charge in [0, 0.05) is 19.1 Å². The van der Waals surface area contributed by atoms with Gasteiger partial charge >= 0.3 is 0 Å². The lowest BCUT2D eigenvalue weighted by molar-refractivity contribution is 0.106. The standard InChI is InChI=1S/C22H30N2O/c1-17-15-24(16-20(23)13-18-7-4-3-5-8-18)12-11-22(17,2)19-9-6-10-21(25)14-19/h3-10,14,17,20,25H,11-13,15-16,23H2,1-2H3/t17?,20-,22?/m1/s1. The number of likely N-dealkylation sites (tertiary alicyclic amines) is 1. The fourth-order valence-corrected chi connectivity index (χ4v) is 4.09. The Hall–Kier alpha value is -1.84. The number of hydrogen-bond donors (Lipinski definition) is 2. The van der Waals surface area contributed by atoms with Crippen molar-refractivity contribution in [3.8, 4) is 5.75 Å². The molecule has 2 unspecified atom stereocenters. The zero-order valence-electron chi connectivity index (χ0n) is 15.4. The molecule has 3 N–H and O–H groups in total. The van der Waals surface area contributed by atoms with Gasteiger partial charge in [0.1, 0.15) is 5.75 Å². The first-order chi connectivity index (χ1) is 12.0. The normalized spacial score (nSPS) is 25.6. The highest BCUT2D eigenvalue weighted by Gasteiger charge is 2.38. The number of benzene rings is 2. The van der Waals surface area contributed by atoms with Crippen LogP contribution in [0, 0.1) is 5.92 Å². The number of aromatic hydroxyl groups is 1. The van der Waals surface area contributed by atoms with Crippen LogP contribution in [-0.4, -0.2) is 35.7 Å². The van der Waals surface area contributed by atoms with Crippen LogP contribution in [0.5, 0.6) is 5.75 Å². The van der Waals surface area contributed by atoms with Gasteiger partial charge in [-0.2, -0.15) is 0 Å². The molecule has 1 heterocycles. The number of piperidine rings is 1. The quantitative estimate of drug-likeness (QED) is 0.876. The van der Waals surface area contributed by atoms with Crippen LogP contribution >= 0.6 is 0 Å². The summed E-state index contributed by atoms with van der Waals surface area (Å²) in [5, 5.41) is 9.83. The first kappa shape index (κ1) is 18.0. The predicted molar refractivity (Wildman–Crippen MR) is 104 cm³/mol. The highest BCUT2D eigenvalue weighted by molar-refractivity contribution is 5.33. The van der Waals surface area contributed by atoms with Crippen molar-refractivity contribution in [1.82, 2.24) is 4.90 Å². The van der Waals surface area contributed by atoms with E-state index in [9.17, 15) is 5.11 Å². The number of phenols is 1. The third-order valence-electron chi connectivity index (χ3n) is 5.91. The number of phenolic OH excluding ortho intramolecular Hbond substituents is 1. The van der Waals surface area contributed by atoms with Gasteiger partial charge in [0.05, 0.1) is 0 Å². The molecule has 0 aromatic heterocycles. The molecule has 1 aliphatic rings. The molecule has 25 heavy (non-hydrogen) atoms. The summed E-state index contributed by atoms with van der Waals surface area (Å²) in [7, 11) is 0. The van der Waals surface area contributed by atoms with Crippen LogP contribution in [0.2, 0.25) is 0 Å². The van der Waals surface area contributed by atoms with Crippen molar-refractivity contribution in [2.24, 2.45) is 11.7 Å². The lowest BCUT2D eigenvalue weighted by Crippen LogP contribution is -2.50. The van der Waals surface area contributed by atoms with Crippen LogP contribution in [0.1, 0.15) is 31.4 Å². The van der Waals surface area contributed by atoms with Crippen molar-refractivity contribution in [2.75, 3.05) is 19.6 Å². The summed E-state index contributed by atoms with van der Waals surface area (Å²) in [6, 6.07) is 18.4. The van der Waals surface area contributed by atoms with Crippen LogP contribution in [-0.2, 0) is 11.8 Å². The van der Waals surface area contributed by atoms with Crippen LogP contribution in [0.4, 0.5) is 0 Å². The van der Waals surface area contributed by atoms with E-state index in [0.29, 0.717) is 11.7 Å². The minimum absolute atomic E-state index is 0.110. The van der Waals surface area contributed by atoms with Crippen LogP contribution in [0.15, 0.2) is 54.6 Å². The average molecular weight is 338 g/mol. The first-order valence-corrected chi connectivity index (χ1v) is 9.29. The fraction of sp³-hybridized carbons (Fsp3) is 0.455. The monoisotopic (exact) mass is 338 g/mol. The summed E-state index contributed by atoms with van der Waals surface area (Å²) in [6.45, 7) is 7.69. The molecule has 2 aromatic rings. The van der Waals surface area contributed by atoms with E-state index in [0.717, 1.165) is 32.5 Å². The Morgan fingerprint density at radius 3 is 2.64 bits per heavy atom. The molecule has 0 radical (unpaired) electrons. The van der Waals surface area contributed by atoms with E-state index in [-0.39, 0.29) is 11.5 Å². The molecule has 0 bridgehead atoms. The van der Waals surface area contributed by atoms with Crippen molar-refractivity contribution in [3.63, 3.8) is 0 Å². The van der Waals surface area contributed by atoms with Crippen molar-refractivity contribution < 1.29 is 5.11 Å². The lowest BCUT2D eigenvalue weighted by Gasteiger charge is -2.45. The molecule has 0 spiro atoms. The van der Waals surface area contributed by atoms with Gasteiger partial charge in [0.15, 0.2) is 0 Å². The van der Waals surface area contributed by atoms with Gasteiger partial charge in [0.25, 0.3) is 0 Å². The molecule has 1 fully saturated rings. The summed E-state index contributed by atoms with van der Waals surface area (Å²) in [6.07, 6.45) is 2.02. The summed E-state index contributed by atoms with van der Waals surface area (Å²) in [4.78, 5) is 2.50. The van der Waals surface area contributed by atoms with Crippen molar-refractivity contribution in [1.29, 1.82) is 0 Å². The maximum Gasteiger partial charge on any atom is 0.115 e. The van der Waals surface area contributed by atoms with E-state index in [2.05, 4.69) is 49.1 Å². The Balaban J connectivity index is 1.60. The van der Waals surface area contributed by atoms with Gasteiger partial charge in [-0.3, -0.25) is 0 Å². The molecular formula is C22H30N2O. The molecule has 3 nitrogen and oxygen atoms in total. The molecule has 1 saturated heterocycles. The van der Waals surface area contributed by atoms with Gasteiger partial charge in [-0.05, 0) is 54.0 Å². The van der Waals surface area contributed by atoms with Gasteiger partial charge in [-0.1, -0.05) is 56.3 Å². The maximum atomic E-state index is 9.83. The van der Waals surface area contributed by atoms with Gasteiger partial charge in [-0.25, -0.2) is 0 Å². The van der Waals surface area contributed by atoms with Crippen LogP contribution in [0.3, 0.4) is 0 Å². The van der Waals surface area contributed by atoms with Crippen molar-refractivity contribution in [3.05, 3.63) is 65.7 Å². The second-order valence-corrected chi connectivity index (χ2v) is 7.83. The Morgan fingerprint density at radius 2 is 1.96 bits per heavy atom. The molecule has 0 saturated carbocycles. The summed E-state index contributed by atoms with van der Waals surface area (Å²) in [5.41, 5.74) is 9.07. The largest absolute Gasteiger partial charge is 0.508 e. The molecular weight excluding hydrogens is 308 g/mol. The number of rotatable bonds is 5. The molecule has 134 valence electrons. The highest BCUT2D eigenvalue weighted by Crippen LogP contribution is 2.40. The summed E-state index contributed by atoms with van der Waals surface area (Å²) >= 11 is 0. The molecule has 1 aliphatic heterocycles. The summed E-state index contributed by atoms with van der Waals surface area (Å²) in [5.74, 6) is 0.880. The SMILES string of the molecule is CC1CN(C[C@H](N)Cc2ccccc2)CCC1(C)c1cccc(O)c1. The third-order valence-corrected chi connectivity index (χ3v) is 5.91. The minimum atomic E-state index is 0.110. The van der Waals surface area contributed by atoms with E-state index < -0.39 is 0 Å². The third kappa shape index (κ3) is 4.23. The maximum absolute atomic E-state index is 9.83. The second-order valence-electron chi connectivity index (χ2n) is 7.83. The number of nitrogens with two attached hydrogens (primary N) is 1. The zero-order valence-corrected chi connectivity index (χ0v) is 15.4. The summed E-state index contributed by atoms with van der Waals surface area (Å²) < 4.78 is 0. The predicted octanol–water partition coefficient (Wildman–Crippen LogP) is 3.56. The van der Waals surface area contributed by atoms with Gasteiger partial charge in [-0.15, -0.1) is 0 Å². The Morgan fingerprint density at radius 1 is 1.20 bits per heavy atom. The molecule has 3 atom stereocenters. The van der Waals surface area contributed by atoms with E-state index in [1.807, 2.05) is 18.2 Å². The van der Waals surface area contributed by atoms with E-state index in [1.54, 1.807) is 6.07 Å². The Labute approximate surface area is 151 Å². The van der Waals surface area contributed by atoms with Gasteiger partial charge < -0.3 is 15.7 Å². The Bertz CT molecular complexity index is 687. The topological polar surface area (TPSA) is 49.5 Å². The van der Waals surface area contributed by atoms with Crippen molar-refractivity contribution >= 4 is 0 Å².